The van der Waals surface area contributed by atoms with Crippen LogP contribution in [0.1, 0.15) is 31.7 Å². The Morgan fingerprint density at radius 3 is 2.47 bits per heavy atom. The zero-order chi connectivity index (χ0) is 21.0. The summed E-state index contributed by atoms with van der Waals surface area (Å²) >= 11 is 0. The molecule has 1 N–H and O–H groups in total. The summed E-state index contributed by atoms with van der Waals surface area (Å²) in [5.41, 5.74) is 2.16. The average Bonchev–Trinajstić information content (AvgIpc) is 2.74. The second-order valence-corrected chi connectivity index (χ2v) is 8.20. The fourth-order valence-electron chi connectivity index (χ4n) is 4.22. The first-order valence-corrected chi connectivity index (χ1v) is 10.8. The largest absolute Gasteiger partial charge is 0.361 e. The molecule has 1 saturated heterocycles. The van der Waals surface area contributed by atoms with E-state index in [0.717, 1.165) is 36.0 Å². The van der Waals surface area contributed by atoms with Crippen LogP contribution in [0.3, 0.4) is 0 Å². The van der Waals surface area contributed by atoms with Crippen molar-refractivity contribution in [2.75, 3.05) is 26.2 Å². The van der Waals surface area contributed by atoms with Crippen molar-refractivity contribution in [3.8, 4) is 11.1 Å². The van der Waals surface area contributed by atoms with Gasteiger partial charge in [-0.05, 0) is 48.6 Å². The molecule has 1 aromatic carbocycles. The monoisotopic (exact) mass is 407 g/mol. The van der Waals surface area contributed by atoms with Gasteiger partial charge in [-0.25, -0.2) is 0 Å². The van der Waals surface area contributed by atoms with Crippen LogP contribution in [0.2, 0.25) is 0 Å². The van der Waals surface area contributed by atoms with Gasteiger partial charge in [0.1, 0.15) is 0 Å². The number of ether oxygens (including phenoxy) is 1. The van der Waals surface area contributed by atoms with Crippen molar-refractivity contribution >= 4 is 11.8 Å². The van der Waals surface area contributed by atoms with E-state index >= 15 is 0 Å². The molecule has 1 saturated carbocycles. The Bertz CT molecular complexity index is 880. The van der Waals surface area contributed by atoms with Crippen LogP contribution in [0.25, 0.3) is 11.1 Å². The van der Waals surface area contributed by atoms with Gasteiger partial charge in [0.05, 0.1) is 13.2 Å². The first-order chi connectivity index (χ1) is 14.6. The lowest BCUT2D eigenvalue weighted by Gasteiger charge is -2.43. The van der Waals surface area contributed by atoms with Gasteiger partial charge in [-0.3, -0.25) is 14.6 Å². The molecule has 6 nitrogen and oxygen atoms in total. The van der Waals surface area contributed by atoms with E-state index in [1.54, 1.807) is 12.4 Å². The number of carbonyl (C=O) groups is 2. The third-order valence-electron chi connectivity index (χ3n) is 6.16. The summed E-state index contributed by atoms with van der Waals surface area (Å²) < 4.78 is 6.10. The van der Waals surface area contributed by atoms with Gasteiger partial charge in [-0.1, -0.05) is 30.7 Å². The molecule has 2 fully saturated rings. The van der Waals surface area contributed by atoms with E-state index in [-0.39, 0.29) is 17.7 Å². The lowest BCUT2D eigenvalue weighted by molar-refractivity contribution is -0.168. The Hall–Kier alpha value is -2.73. The van der Waals surface area contributed by atoms with Gasteiger partial charge in [-0.2, -0.15) is 0 Å². The maximum atomic E-state index is 13.1. The van der Waals surface area contributed by atoms with Crippen LogP contribution in [0.4, 0.5) is 0 Å². The van der Waals surface area contributed by atoms with Crippen LogP contribution in [0, 0.1) is 5.92 Å². The number of hydrogen-bond donors (Lipinski definition) is 1. The van der Waals surface area contributed by atoms with Gasteiger partial charge in [0.15, 0.2) is 5.60 Å². The molecule has 30 heavy (non-hydrogen) atoms. The number of nitrogens with one attached hydrogen (secondary N) is 1. The summed E-state index contributed by atoms with van der Waals surface area (Å²) in [5, 5.41) is 2.92. The lowest BCUT2D eigenvalue weighted by Crippen LogP contribution is -2.62. The molecule has 6 heteroatoms. The Morgan fingerprint density at radius 2 is 1.83 bits per heavy atom. The summed E-state index contributed by atoms with van der Waals surface area (Å²) in [6.45, 7) is 3.67. The third kappa shape index (κ3) is 4.24. The summed E-state index contributed by atoms with van der Waals surface area (Å²) in [6, 6.07) is 12.1. The molecule has 1 aromatic heterocycles. The van der Waals surface area contributed by atoms with Gasteiger partial charge in [0.25, 0.3) is 5.91 Å². The highest BCUT2D eigenvalue weighted by Crippen LogP contribution is 2.31. The van der Waals surface area contributed by atoms with E-state index in [2.05, 4.69) is 22.4 Å². The minimum Gasteiger partial charge on any atom is -0.361 e. The topological polar surface area (TPSA) is 71.5 Å². The minimum atomic E-state index is -1.05. The average molecular weight is 408 g/mol. The van der Waals surface area contributed by atoms with Crippen molar-refractivity contribution < 1.29 is 14.3 Å². The SMILES string of the molecule is CCNC(=O)[C@@]1(Cc2ccc(-c3ccncc3)cc2)CN(C(=O)C2CCC2)CCO1. The zero-order valence-corrected chi connectivity index (χ0v) is 17.5. The van der Waals surface area contributed by atoms with Gasteiger partial charge in [0.2, 0.25) is 5.91 Å². The smallest absolute Gasteiger partial charge is 0.254 e. The fourth-order valence-corrected chi connectivity index (χ4v) is 4.22. The normalized spacial score (nSPS) is 21.7. The van der Waals surface area contributed by atoms with Crippen LogP contribution in [0.5, 0.6) is 0 Å². The predicted molar refractivity (Wildman–Crippen MR) is 115 cm³/mol. The Morgan fingerprint density at radius 1 is 1.13 bits per heavy atom. The second-order valence-electron chi connectivity index (χ2n) is 8.20. The number of hydrogen-bond acceptors (Lipinski definition) is 4. The van der Waals surface area contributed by atoms with Crippen molar-refractivity contribution in [1.82, 2.24) is 15.2 Å². The molecule has 2 aromatic rings. The fraction of sp³-hybridized carbons (Fsp3) is 0.458. The molecule has 0 spiro atoms. The minimum absolute atomic E-state index is 0.120. The number of aromatic nitrogens is 1. The summed E-state index contributed by atoms with van der Waals surface area (Å²) in [5.74, 6) is 0.148. The van der Waals surface area contributed by atoms with Crippen LogP contribution >= 0.6 is 0 Å². The highest BCUT2D eigenvalue weighted by atomic mass is 16.5. The zero-order valence-electron chi connectivity index (χ0n) is 17.5. The Kier molecular flexibility index (Phi) is 6.13. The highest BCUT2D eigenvalue weighted by molar-refractivity contribution is 5.88. The van der Waals surface area contributed by atoms with E-state index < -0.39 is 5.60 Å². The number of benzene rings is 1. The van der Waals surface area contributed by atoms with Crippen molar-refractivity contribution in [3.05, 3.63) is 54.4 Å². The van der Waals surface area contributed by atoms with Gasteiger partial charge >= 0.3 is 0 Å². The first kappa shape index (κ1) is 20.5. The quantitative estimate of drug-likeness (QED) is 0.799. The molecule has 0 unspecified atom stereocenters. The van der Waals surface area contributed by atoms with E-state index in [9.17, 15) is 9.59 Å². The second kappa shape index (κ2) is 8.96. The van der Waals surface area contributed by atoms with Crippen molar-refractivity contribution in [3.63, 3.8) is 0 Å². The highest BCUT2D eigenvalue weighted by Gasteiger charge is 2.46. The number of nitrogens with zero attached hydrogens (tertiary/aromatic N) is 2. The van der Waals surface area contributed by atoms with Crippen molar-refractivity contribution in [1.29, 1.82) is 0 Å². The molecule has 2 heterocycles. The van der Waals surface area contributed by atoms with Crippen LogP contribution < -0.4 is 5.32 Å². The van der Waals surface area contributed by atoms with E-state index in [1.807, 2.05) is 36.1 Å². The van der Waals surface area contributed by atoms with Crippen LogP contribution in [-0.2, 0) is 20.7 Å². The molecule has 4 rings (SSSR count). The number of rotatable bonds is 6. The van der Waals surface area contributed by atoms with E-state index in [1.165, 1.54) is 0 Å². The molecule has 1 aliphatic carbocycles. The standard InChI is InChI=1S/C24H29N3O3/c1-2-26-23(29)24(17-27(14-15-30-24)22(28)21-4-3-5-21)16-18-6-8-19(9-7-18)20-10-12-25-13-11-20/h6-13,21H,2-5,14-17H2,1H3,(H,26,29)/t24-/m1/s1. The molecular weight excluding hydrogens is 378 g/mol. The molecule has 1 aliphatic heterocycles. The molecule has 2 aliphatic rings. The number of likely N-dealkylation sites (N-methyl/N-ethyl adjacent to an activating group) is 1. The maximum Gasteiger partial charge on any atom is 0.254 e. The number of pyridine rings is 1. The summed E-state index contributed by atoms with van der Waals surface area (Å²) in [7, 11) is 0. The molecule has 0 radical (unpaired) electrons. The number of morpholine rings is 1. The van der Waals surface area contributed by atoms with Crippen LogP contribution in [0.15, 0.2) is 48.8 Å². The van der Waals surface area contributed by atoms with E-state index in [4.69, 9.17) is 4.74 Å². The maximum absolute atomic E-state index is 13.1. The molecule has 2 amide bonds. The molecular formula is C24H29N3O3. The first-order valence-electron chi connectivity index (χ1n) is 10.8. The molecule has 0 bridgehead atoms. The van der Waals surface area contributed by atoms with E-state index in [0.29, 0.717) is 32.7 Å². The lowest BCUT2D eigenvalue weighted by atomic mass is 9.83. The predicted octanol–water partition coefficient (Wildman–Crippen LogP) is 2.82. The molecule has 1 atom stereocenters. The van der Waals surface area contributed by atoms with Crippen LogP contribution in [-0.4, -0.2) is 53.5 Å². The van der Waals surface area contributed by atoms with Gasteiger partial charge < -0.3 is 15.0 Å². The molecule has 158 valence electrons. The third-order valence-corrected chi connectivity index (χ3v) is 6.16. The van der Waals surface area contributed by atoms with Gasteiger partial charge in [0, 0.05) is 37.8 Å². The Balaban J connectivity index is 1.54. The Labute approximate surface area is 177 Å². The summed E-state index contributed by atoms with van der Waals surface area (Å²) in [4.78, 5) is 31.8. The number of amides is 2. The van der Waals surface area contributed by atoms with Crippen molar-refractivity contribution in [2.24, 2.45) is 5.92 Å². The van der Waals surface area contributed by atoms with Crippen molar-refractivity contribution in [2.45, 2.75) is 38.2 Å². The van der Waals surface area contributed by atoms with Gasteiger partial charge in [-0.15, -0.1) is 0 Å². The summed E-state index contributed by atoms with van der Waals surface area (Å²) in [6.07, 6.45) is 7.02. The number of carbonyl (C=O) groups excluding carboxylic acids is 2.